The summed E-state index contributed by atoms with van der Waals surface area (Å²) in [5, 5.41) is 0. The molecule has 6 heteroatoms. The first-order valence-electron chi connectivity index (χ1n) is 8.97. The lowest BCUT2D eigenvalue weighted by molar-refractivity contribution is -0.130. The highest BCUT2D eigenvalue weighted by Crippen LogP contribution is 2.22. The van der Waals surface area contributed by atoms with Gasteiger partial charge in [-0.2, -0.15) is 0 Å². The van der Waals surface area contributed by atoms with Gasteiger partial charge in [0.2, 0.25) is 5.91 Å². The molecule has 6 nitrogen and oxygen atoms in total. The van der Waals surface area contributed by atoms with E-state index in [4.69, 9.17) is 0 Å². The summed E-state index contributed by atoms with van der Waals surface area (Å²) in [6, 6.07) is 11.0. The summed E-state index contributed by atoms with van der Waals surface area (Å²) in [6.07, 6.45) is 6.10. The molecule has 0 saturated carbocycles. The van der Waals surface area contributed by atoms with Gasteiger partial charge in [0.05, 0.1) is 0 Å². The van der Waals surface area contributed by atoms with Crippen LogP contribution in [0.4, 0.5) is 0 Å². The van der Waals surface area contributed by atoms with Gasteiger partial charge in [-0.05, 0) is 12.0 Å². The summed E-state index contributed by atoms with van der Waals surface area (Å²) in [4.78, 5) is 18.5. The van der Waals surface area contributed by atoms with Crippen LogP contribution in [0.5, 0.6) is 0 Å². The minimum atomic E-state index is 0.167. The van der Waals surface area contributed by atoms with E-state index in [0.717, 1.165) is 18.7 Å². The number of hydrogen-bond acceptors (Lipinski definition) is 4. The van der Waals surface area contributed by atoms with E-state index in [9.17, 15) is 4.79 Å². The van der Waals surface area contributed by atoms with Gasteiger partial charge in [-0.25, -0.2) is 10.4 Å². The molecule has 25 heavy (non-hydrogen) atoms. The van der Waals surface area contributed by atoms with Crippen LogP contribution in [0.2, 0.25) is 0 Å². The Kier molecular flexibility index (Phi) is 5.83. The van der Waals surface area contributed by atoms with E-state index in [-0.39, 0.29) is 11.9 Å². The zero-order valence-electron chi connectivity index (χ0n) is 15.0. The zero-order chi connectivity index (χ0) is 17.6. The Labute approximate surface area is 149 Å². The molecule has 1 aliphatic rings. The lowest BCUT2D eigenvalue weighted by atomic mass is 10.0. The summed E-state index contributed by atoms with van der Waals surface area (Å²) in [5.41, 5.74) is 7.93. The van der Waals surface area contributed by atoms with Crippen molar-refractivity contribution in [1.82, 2.24) is 25.3 Å². The number of nitrogens with one attached hydrogen (secondary N) is 2. The van der Waals surface area contributed by atoms with Gasteiger partial charge in [0.1, 0.15) is 5.82 Å². The largest absolute Gasteiger partial charge is 0.344 e. The standard InChI is InChI=1S/C19H27N5O/c1-3-18-20-10-12-24(18)11-9-19(25)23(2)14-16-13-17(22-21-16)15-7-5-4-6-8-15/h4-8,10,12,16-17,21-22H,3,9,11,13-14H2,1-2H3. The third kappa shape index (κ3) is 4.46. The third-order valence-electron chi connectivity index (χ3n) is 4.79. The van der Waals surface area contributed by atoms with Gasteiger partial charge in [-0.15, -0.1) is 0 Å². The molecule has 1 aromatic carbocycles. The molecule has 3 rings (SSSR count). The van der Waals surface area contributed by atoms with Crippen LogP contribution < -0.4 is 10.9 Å². The summed E-state index contributed by atoms with van der Waals surface area (Å²) in [6.45, 7) is 3.48. The summed E-state index contributed by atoms with van der Waals surface area (Å²) in [7, 11) is 1.88. The number of carbonyl (C=O) groups is 1. The summed E-state index contributed by atoms with van der Waals surface area (Å²) in [5.74, 6) is 1.20. The zero-order valence-corrected chi connectivity index (χ0v) is 15.0. The molecular weight excluding hydrogens is 314 g/mol. The molecule has 2 heterocycles. The minimum absolute atomic E-state index is 0.167. The maximum Gasteiger partial charge on any atom is 0.224 e. The van der Waals surface area contributed by atoms with E-state index in [1.54, 1.807) is 6.20 Å². The normalized spacial score (nSPS) is 19.9. The number of nitrogens with zero attached hydrogens (tertiary/aromatic N) is 3. The van der Waals surface area contributed by atoms with E-state index in [1.165, 1.54) is 5.56 Å². The maximum atomic E-state index is 12.4. The number of carbonyl (C=O) groups excluding carboxylic acids is 1. The van der Waals surface area contributed by atoms with Gasteiger partial charge in [0.15, 0.2) is 0 Å². The van der Waals surface area contributed by atoms with Gasteiger partial charge in [-0.1, -0.05) is 37.3 Å². The second-order valence-corrected chi connectivity index (χ2v) is 6.60. The number of likely N-dealkylation sites (N-methyl/N-ethyl adjacent to an activating group) is 1. The van der Waals surface area contributed by atoms with Crippen molar-refractivity contribution in [2.75, 3.05) is 13.6 Å². The highest BCUT2D eigenvalue weighted by Gasteiger charge is 2.26. The molecule has 2 unspecified atom stereocenters. The van der Waals surface area contributed by atoms with Crippen molar-refractivity contribution < 1.29 is 4.79 Å². The Bertz CT molecular complexity index is 684. The van der Waals surface area contributed by atoms with Crippen LogP contribution in [0, 0.1) is 0 Å². The van der Waals surface area contributed by atoms with Gasteiger partial charge in [0, 0.05) is 57.5 Å². The molecule has 134 valence electrons. The van der Waals surface area contributed by atoms with Gasteiger partial charge >= 0.3 is 0 Å². The average molecular weight is 341 g/mol. The number of aromatic nitrogens is 2. The van der Waals surface area contributed by atoms with Crippen molar-refractivity contribution in [2.24, 2.45) is 0 Å². The highest BCUT2D eigenvalue weighted by atomic mass is 16.2. The molecule has 2 N–H and O–H groups in total. The molecule has 1 amide bonds. The molecule has 0 aliphatic carbocycles. The number of hydrazine groups is 1. The third-order valence-corrected chi connectivity index (χ3v) is 4.79. The molecule has 2 atom stereocenters. The second kappa shape index (κ2) is 8.27. The van der Waals surface area contributed by atoms with E-state index in [1.807, 2.05) is 24.2 Å². The number of hydrogen-bond donors (Lipinski definition) is 2. The Hall–Kier alpha value is -2.18. The maximum absolute atomic E-state index is 12.4. The lowest BCUT2D eigenvalue weighted by Gasteiger charge is -2.21. The fourth-order valence-corrected chi connectivity index (χ4v) is 3.34. The summed E-state index contributed by atoms with van der Waals surface area (Å²) >= 11 is 0. The van der Waals surface area contributed by atoms with E-state index >= 15 is 0 Å². The van der Waals surface area contributed by atoms with Crippen molar-refractivity contribution in [3.63, 3.8) is 0 Å². The van der Waals surface area contributed by atoms with Crippen molar-refractivity contribution in [2.45, 2.75) is 44.8 Å². The van der Waals surface area contributed by atoms with Crippen molar-refractivity contribution in [1.29, 1.82) is 0 Å². The SMILES string of the molecule is CCc1nccn1CCC(=O)N(C)CC1CC(c2ccccc2)NN1. The smallest absolute Gasteiger partial charge is 0.224 e. The number of aryl methyl sites for hydroxylation is 2. The number of benzene rings is 1. The Morgan fingerprint density at radius 3 is 2.88 bits per heavy atom. The fraction of sp³-hybridized carbons (Fsp3) is 0.474. The predicted molar refractivity (Wildman–Crippen MR) is 97.7 cm³/mol. The van der Waals surface area contributed by atoms with E-state index in [2.05, 4.69) is 51.6 Å². The van der Waals surface area contributed by atoms with Crippen LogP contribution in [0.3, 0.4) is 0 Å². The van der Waals surface area contributed by atoms with Crippen LogP contribution in [-0.2, 0) is 17.8 Å². The van der Waals surface area contributed by atoms with Crippen LogP contribution in [0.1, 0.15) is 37.2 Å². The quantitative estimate of drug-likeness (QED) is 0.807. The number of imidazole rings is 1. The molecule has 1 aliphatic heterocycles. The topological polar surface area (TPSA) is 62.2 Å². The highest BCUT2D eigenvalue weighted by molar-refractivity contribution is 5.75. The van der Waals surface area contributed by atoms with Crippen LogP contribution in [0.15, 0.2) is 42.7 Å². The summed E-state index contributed by atoms with van der Waals surface area (Å²) < 4.78 is 2.06. The van der Waals surface area contributed by atoms with Crippen LogP contribution in [0.25, 0.3) is 0 Å². The monoisotopic (exact) mass is 341 g/mol. The van der Waals surface area contributed by atoms with Crippen LogP contribution in [-0.4, -0.2) is 40.0 Å². The Morgan fingerprint density at radius 2 is 2.12 bits per heavy atom. The van der Waals surface area contributed by atoms with Gasteiger partial charge in [-0.3, -0.25) is 10.2 Å². The first kappa shape index (κ1) is 17.6. The van der Waals surface area contributed by atoms with Crippen molar-refractivity contribution in [3.05, 3.63) is 54.1 Å². The van der Waals surface area contributed by atoms with E-state index < -0.39 is 0 Å². The molecule has 0 radical (unpaired) electrons. The molecular formula is C19H27N5O. The average Bonchev–Trinajstić information content (AvgIpc) is 3.29. The predicted octanol–water partition coefficient (Wildman–Crippen LogP) is 1.90. The number of amides is 1. The fourth-order valence-electron chi connectivity index (χ4n) is 3.34. The van der Waals surface area contributed by atoms with Gasteiger partial charge in [0.25, 0.3) is 0 Å². The number of rotatable bonds is 7. The molecule has 0 bridgehead atoms. The van der Waals surface area contributed by atoms with Crippen LogP contribution >= 0.6 is 0 Å². The Balaban J connectivity index is 1.46. The van der Waals surface area contributed by atoms with E-state index in [0.29, 0.717) is 25.6 Å². The first-order chi connectivity index (χ1) is 12.2. The van der Waals surface area contributed by atoms with Gasteiger partial charge < -0.3 is 9.47 Å². The second-order valence-electron chi connectivity index (χ2n) is 6.60. The molecule has 1 aromatic heterocycles. The van der Waals surface area contributed by atoms with Crippen molar-refractivity contribution >= 4 is 5.91 Å². The molecule has 2 aromatic rings. The van der Waals surface area contributed by atoms with Crippen molar-refractivity contribution in [3.8, 4) is 0 Å². The minimum Gasteiger partial charge on any atom is -0.344 e. The lowest BCUT2D eigenvalue weighted by Crippen LogP contribution is -2.41. The molecule has 0 spiro atoms. The Morgan fingerprint density at radius 1 is 1.32 bits per heavy atom. The molecule has 1 saturated heterocycles. The first-order valence-corrected chi connectivity index (χ1v) is 8.97. The molecule has 1 fully saturated rings.